The second kappa shape index (κ2) is 7.45. The number of nitrogens with two attached hydrogens (primary N) is 1. The van der Waals surface area contributed by atoms with E-state index in [1.54, 1.807) is 48.0 Å². The highest BCUT2D eigenvalue weighted by Crippen LogP contribution is 2.36. The Labute approximate surface area is 186 Å². The Morgan fingerprint density at radius 3 is 2.52 bits per heavy atom. The zero-order chi connectivity index (χ0) is 21.6. The summed E-state index contributed by atoms with van der Waals surface area (Å²) < 4.78 is 28.2. The molecule has 0 radical (unpaired) electrons. The van der Waals surface area contributed by atoms with Crippen molar-refractivity contribution in [2.24, 2.45) is 5.10 Å². The first-order chi connectivity index (χ1) is 14.9. The maximum Gasteiger partial charge on any atom is 0.221 e. The molecule has 3 aromatic heterocycles. The molecule has 0 aliphatic rings. The molecular formula is C21H14ClN5O2S2. The van der Waals surface area contributed by atoms with E-state index in [-0.39, 0.29) is 26.1 Å². The van der Waals surface area contributed by atoms with Crippen molar-refractivity contribution in [2.45, 2.75) is 9.10 Å². The van der Waals surface area contributed by atoms with Crippen LogP contribution in [0.5, 0.6) is 0 Å². The van der Waals surface area contributed by atoms with E-state index in [1.165, 1.54) is 10.7 Å². The second-order valence-electron chi connectivity index (χ2n) is 6.65. The zero-order valence-corrected chi connectivity index (χ0v) is 18.2. The van der Waals surface area contributed by atoms with Crippen molar-refractivity contribution >= 4 is 67.0 Å². The maximum absolute atomic E-state index is 13.4. The fraction of sp³-hybridized carbons (Fsp3) is 0. The molecule has 0 amide bonds. The third kappa shape index (κ3) is 3.36. The quantitative estimate of drug-likeness (QED) is 0.389. The molecule has 0 saturated carbocycles. The molecule has 0 bridgehead atoms. The number of para-hydroxylation sites is 2. The predicted molar refractivity (Wildman–Crippen MR) is 124 cm³/mol. The van der Waals surface area contributed by atoms with Crippen molar-refractivity contribution in [2.75, 3.05) is 5.73 Å². The monoisotopic (exact) mass is 467 g/mol. The predicted octanol–water partition coefficient (Wildman–Crippen LogP) is 4.60. The first-order valence-electron chi connectivity index (χ1n) is 9.10. The summed E-state index contributed by atoms with van der Waals surface area (Å²) in [4.78, 5) is 9.07. The summed E-state index contributed by atoms with van der Waals surface area (Å²) in [6, 6.07) is 17.5. The van der Waals surface area contributed by atoms with Gasteiger partial charge in [0, 0.05) is 5.02 Å². The highest BCUT2D eigenvalue weighted by atomic mass is 35.5. The molecule has 3 heterocycles. The number of rotatable bonds is 4. The molecule has 0 spiro atoms. The van der Waals surface area contributed by atoms with Crippen LogP contribution >= 0.6 is 22.9 Å². The number of thiophene rings is 1. The van der Waals surface area contributed by atoms with Crippen molar-refractivity contribution in [1.82, 2.24) is 14.6 Å². The first kappa shape index (κ1) is 19.7. The van der Waals surface area contributed by atoms with Crippen LogP contribution in [0.4, 0.5) is 5.82 Å². The van der Waals surface area contributed by atoms with Crippen LogP contribution in [0.25, 0.3) is 22.2 Å². The second-order valence-corrected chi connectivity index (χ2v) is 10.1. The van der Waals surface area contributed by atoms with E-state index < -0.39 is 9.84 Å². The topological polar surface area (TPSA) is 103 Å². The molecule has 0 fully saturated rings. The number of hydrogen-bond acceptors (Lipinski definition) is 7. The van der Waals surface area contributed by atoms with Gasteiger partial charge in [0.05, 0.1) is 17.2 Å². The van der Waals surface area contributed by atoms with Gasteiger partial charge in [-0.15, -0.1) is 11.3 Å². The van der Waals surface area contributed by atoms with Crippen molar-refractivity contribution in [1.29, 1.82) is 0 Å². The Balaban J connectivity index is 1.81. The highest BCUT2D eigenvalue weighted by molar-refractivity contribution is 7.93. The van der Waals surface area contributed by atoms with E-state index in [0.29, 0.717) is 16.1 Å². The van der Waals surface area contributed by atoms with Crippen LogP contribution in [-0.4, -0.2) is 29.3 Å². The molecule has 2 aromatic carbocycles. The average Bonchev–Trinajstić information content (AvgIpc) is 3.38. The van der Waals surface area contributed by atoms with Gasteiger partial charge in [0.15, 0.2) is 5.65 Å². The van der Waals surface area contributed by atoms with Crippen LogP contribution in [0.2, 0.25) is 5.02 Å². The van der Waals surface area contributed by atoms with Gasteiger partial charge >= 0.3 is 0 Å². The molecule has 0 atom stereocenters. The van der Waals surface area contributed by atoms with Gasteiger partial charge in [-0.2, -0.15) is 9.78 Å². The number of fused-ring (bicyclic) bond motifs is 2. The van der Waals surface area contributed by atoms with Gasteiger partial charge in [-0.05, 0) is 41.3 Å². The summed E-state index contributed by atoms with van der Waals surface area (Å²) in [5.41, 5.74) is 8.66. The molecule has 31 heavy (non-hydrogen) atoms. The molecule has 0 aliphatic heterocycles. The van der Waals surface area contributed by atoms with Crippen molar-refractivity contribution in [3.05, 3.63) is 76.6 Å². The largest absolute Gasteiger partial charge is 0.382 e. The molecule has 5 rings (SSSR count). The van der Waals surface area contributed by atoms with Crippen molar-refractivity contribution in [3.8, 4) is 0 Å². The van der Waals surface area contributed by atoms with Gasteiger partial charge < -0.3 is 5.73 Å². The van der Waals surface area contributed by atoms with Gasteiger partial charge in [-0.3, -0.25) is 0 Å². The van der Waals surface area contributed by atoms with E-state index in [9.17, 15) is 8.42 Å². The standard InChI is InChI=1S/C21H14ClN5O2S2/c22-14-6-3-5-13(11-14)12-24-27-20(23)19(31(28,29)17-9-4-10-30-17)18-21(27)26-16-8-2-1-7-15(16)25-18/h1-12H,23H2. The SMILES string of the molecule is Nc1c(S(=O)(=O)c2cccs2)c2nc3ccccc3nc2n1N=Cc1cccc(Cl)c1. The molecule has 2 N–H and O–H groups in total. The molecule has 0 aliphatic carbocycles. The summed E-state index contributed by atoms with van der Waals surface area (Å²) >= 11 is 7.16. The van der Waals surface area contributed by atoms with Gasteiger partial charge in [0.1, 0.15) is 20.4 Å². The molecule has 7 nitrogen and oxygen atoms in total. The molecule has 154 valence electrons. The summed E-state index contributed by atoms with van der Waals surface area (Å²) in [5.74, 6) is -0.0583. The number of nitrogens with zero attached hydrogens (tertiary/aromatic N) is 4. The Morgan fingerprint density at radius 1 is 1.03 bits per heavy atom. The number of halogens is 1. The lowest BCUT2D eigenvalue weighted by Crippen LogP contribution is -2.05. The van der Waals surface area contributed by atoms with Crippen LogP contribution < -0.4 is 5.73 Å². The normalized spacial score (nSPS) is 12.3. The van der Waals surface area contributed by atoms with Crippen LogP contribution in [0.3, 0.4) is 0 Å². The van der Waals surface area contributed by atoms with Gasteiger partial charge in [0.25, 0.3) is 0 Å². The number of benzene rings is 2. The third-order valence-corrected chi connectivity index (χ3v) is 8.08. The Morgan fingerprint density at radius 2 is 1.81 bits per heavy atom. The lowest BCUT2D eigenvalue weighted by Gasteiger charge is -2.02. The fourth-order valence-electron chi connectivity index (χ4n) is 3.23. The minimum atomic E-state index is -3.92. The highest BCUT2D eigenvalue weighted by Gasteiger charge is 2.31. The van der Waals surface area contributed by atoms with Gasteiger partial charge in [0.2, 0.25) is 9.84 Å². The molecular weight excluding hydrogens is 454 g/mol. The Kier molecular flexibility index (Phi) is 4.73. The van der Waals surface area contributed by atoms with Crippen LogP contribution in [0.15, 0.2) is 80.2 Å². The number of nitrogen functional groups attached to an aromatic ring is 1. The van der Waals surface area contributed by atoms with E-state index in [0.717, 1.165) is 16.9 Å². The van der Waals surface area contributed by atoms with E-state index in [2.05, 4.69) is 15.1 Å². The Hall–Kier alpha value is -3.27. The van der Waals surface area contributed by atoms with E-state index in [4.69, 9.17) is 17.3 Å². The first-order valence-corrected chi connectivity index (χ1v) is 11.8. The van der Waals surface area contributed by atoms with Gasteiger partial charge in [-0.1, -0.05) is 41.9 Å². The minimum Gasteiger partial charge on any atom is -0.382 e. The van der Waals surface area contributed by atoms with E-state index in [1.807, 2.05) is 18.2 Å². The molecule has 5 aromatic rings. The third-order valence-electron chi connectivity index (χ3n) is 4.63. The molecule has 10 heteroatoms. The van der Waals surface area contributed by atoms with Crippen LogP contribution in [0.1, 0.15) is 5.56 Å². The van der Waals surface area contributed by atoms with Gasteiger partial charge in [-0.25, -0.2) is 18.4 Å². The smallest absolute Gasteiger partial charge is 0.221 e. The summed E-state index contributed by atoms with van der Waals surface area (Å²) in [6.07, 6.45) is 1.54. The lowest BCUT2D eigenvalue weighted by atomic mass is 10.2. The number of hydrogen-bond donors (Lipinski definition) is 1. The molecule has 0 saturated heterocycles. The lowest BCUT2D eigenvalue weighted by molar-refractivity contribution is 0.599. The summed E-state index contributed by atoms with van der Waals surface area (Å²) in [6.45, 7) is 0. The minimum absolute atomic E-state index is 0.0583. The molecule has 0 unspecified atom stereocenters. The zero-order valence-electron chi connectivity index (χ0n) is 15.8. The van der Waals surface area contributed by atoms with Crippen LogP contribution in [0, 0.1) is 0 Å². The van der Waals surface area contributed by atoms with Crippen molar-refractivity contribution in [3.63, 3.8) is 0 Å². The number of anilines is 1. The van der Waals surface area contributed by atoms with E-state index >= 15 is 0 Å². The van der Waals surface area contributed by atoms with Crippen molar-refractivity contribution < 1.29 is 8.42 Å². The maximum atomic E-state index is 13.4. The number of aromatic nitrogens is 3. The average molecular weight is 468 g/mol. The van der Waals surface area contributed by atoms with Crippen LogP contribution in [-0.2, 0) is 9.84 Å². The Bertz CT molecular complexity index is 1570. The fourth-order valence-corrected chi connectivity index (χ4v) is 6.02. The summed E-state index contributed by atoms with van der Waals surface area (Å²) in [5, 5.41) is 6.66. The number of sulfone groups is 1. The summed E-state index contributed by atoms with van der Waals surface area (Å²) in [7, 11) is -3.92.